The van der Waals surface area contributed by atoms with Crippen molar-refractivity contribution in [2.75, 3.05) is 25.2 Å². The number of hydrogen-bond acceptors (Lipinski definition) is 6. The van der Waals surface area contributed by atoms with Gasteiger partial charge in [0, 0.05) is 18.3 Å². The Morgan fingerprint density at radius 1 is 1.38 bits per heavy atom. The van der Waals surface area contributed by atoms with Gasteiger partial charge in [-0.1, -0.05) is 19.8 Å². The summed E-state index contributed by atoms with van der Waals surface area (Å²) < 4.78 is 10.6. The number of nitrogens with one attached hydrogen (secondary N) is 1. The van der Waals surface area contributed by atoms with Crippen molar-refractivity contribution < 1.29 is 29.1 Å². The number of fused-ring (bicyclic) bond motifs is 1. The van der Waals surface area contributed by atoms with Crippen LogP contribution in [-0.2, 0) is 14.4 Å². The van der Waals surface area contributed by atoms with E-state index in [9.17, 15) is 19.6 Å². The highest BCUT2D eigenvalue weighted by atomic mass is 16.7. The van der Waals surface area contributed by atoms with Gasteiger partial charge in [0.2, 0.25) is 25.0 Å². The Bertz CT molecular complexity index is 756. The van der Waals surface area contributed by atoms with Gasteiger partial charge in [-0.3, -0.25) is 19.6 Å². The number of hydroxylamine groups is 2. The first kappa shape index (κ1) is 20.9. The van der Waals surface area contributed by atoms with Crippen molar-refractivity contribution in [3.8, 4) is 11.5 Å². The van der Waals surface area contributed by atoms with E-state index in [0.29, 0.717) is 48.0 Å². The molecule has 0 bridgehead atoms. The Kier molecular flexibility index (Phi) is 6.92. The molecule has 0 saturated carbocycles. The number of likely N-dealkylation sites (tertiary alicyclic amines) is 1. The zero-order chi connectivity index (χ0) is 20.8. The Morgan fingerprint density at radius 3 is 2.93 bits per heavy atom. The van der Waals surface area contributed by atoms with Crippen molar-refractivity contribution >= 4 is 23.9 Å². The van der Waals surface area contributed by atoms with E-state index >= 15 is 0 Å². The Labute approximate surface area is 169 Å². The van der Waals surface area contributed by atoms with E-state index in [1.807, 2.05) is 6.92 Å². The number of ether oxygens (including phenoxy) is 2. The van der Waals surface area contributed by atoms with Crippen molar-refractivity contribution in [2.45, 2.75) is 45.1 Å². The van der Waals surface area contributed by atoms with Gasteiger partial charge in [-0.05, 0) is 31.4 Å². The average Bonchev–Trinajstić information content (AvgIpc) is 3.39. The number of nitrogens with zero attached hydrogens (tertiary/aromatic N) is 2. The number of anilines is 1. The third-order valence-electron chi connectivity index (χ3n) is 5.26. The third kappa shape index (κ3) is 4.97. The van der Waals surface area contributed by atoms with Crippen LogP contribution in [0.15, 0.2) is 18.2 Å². The fraction of sp³-hybridized carbons (Fsp3) is 0.550. The van der Waals surface area contributed by atoms with Crippen LogP contribution in [-0.4, -0.2) is 59.3 Å². The van der Waals surface area contributed by atoms with E-state index in [1.165, 1.54) is 0 Å². The molecule has 1 aromatic carbocycles. The fourth-order valence-electron chi connectivity index (χ4n) is 3.75. The molecule has 0 spiro atoms. The molecule has 2 aliphatic heterocycles. The number of carbonyl (C=O) groups is 3. The van der Waals surface area contributed by atoms with Gasteiger partial charge in [-0.2, -0.15) is 0 Å². The van der Waals surface area contributed by atoms with E-state index in [0.717, 1.165) is 19.3 Å². The zero-order valence-corrected chi connectivity index (χ0v) is 16.5. The molecule has 0 radical (unpaired) electrons. The molecular formula is C20H27N3O6. The molecule has 2 aliphatic rings. The van der Waals surface area contributed by atoms with Gasteiger partial charge in [-0.15, -0.1) is 0 Å². The molecular weight excluding hydrogens is 378 g/mol. The highest BCUT2D eigenvalue weighted by Crippen LogP contribution is 2.34. The van der Waals surface area contributed by atoms with Crippen molar-refractivity contribution in [3.05, 3.63) is 18.2 Å². The molecule has 0 aliphatic carbocycles. The lowest BCUT2D eigenvalue weighted by Gasteiger charge is -2.29. The number of rotatable bonds is 9. The maximum atomic E-state index is 13.1. The minimum absolute atomic E-state index is 0.0741. The minimum atomic E-state index is -0.583. The van der Waals surface area contributed by atoms with Crippen LogP contribution in [0, 0.1) is 5.92 Å². The van der Waals surface area contributed by atoms with Crippen LogP contribution in [0.5, 0.6) is 11.5 Å². The highest BCUT2D eigenvalue weighted by molar-refractivity contribution is 5.98. The summed E-state index contributed by atoms with van der Waals surface area (Å²) in [5.41, 5.74) is 0.573. The van der Waals surface area contributed by atoms with Gasteiger partial charge in [0.15, 0.2) is 11.5 Å². The standard InChI is InChI=1S/C20H27N3O6/c1-2-3-5-14(11-22(27)12-24)20(26)23-9-4-6-16(23)19(25)21-15-7-8-17-18(10-15)29-13-28-17/h7-8,10,12,14,16,27H,2-6,9,11,13H2,1H3,(H,21,25)/t14-,16+/m1/s1. The summed E-state index contributed by atoms with van der Waals surface area (Å²) in [7, 11) is 0. The first-order valence-electron chi connectivity index (χ1n) is 9.95. The van der Waals surface area contributed by atoms with Crippen molar-refractivity contribution in [1.82, 2.24) is 9.96 Å². The van der Waals surface area contributed by atoms with Crippen molar-refractivity contribution in [1.29, 1.82) is 0 Å². The fourth-order valence-corrected chi connectivity index (χ4v) is 3.75. The van der Waals surface area contributed by atoms with E-state index < -0.39 is 12.0 Å². The smallest absolute Gasteiger partial charge is 0.247 e. The molecule has 9 nitrogen and oxygen atoms in total. The van der Waals surface area contributed by atoms with E-state index in [1.54, 1.807) is 23.1 Å². The van der Waals surface area contributed by atoms with Gasteiger partial charge >= 0.3 is 0 Å². The van der Waals surface area contributed by atoms with Gasteiger partial charge < -0.3 is 19.7 Å². The summed E-state index contributed by atoms with van der Waals surface area (Å²) in [5, 5.41) is 12.9. The summed E-state index contributed by atoms with van der Waals surface area (Å²) in [6.45, 7) is 2.57. The van der Waals surface area contributed by atoms with Crippen LogP contribution >= 0.6 is 0 Å². The Morgan fingerprint density at radius 2 is 2.17 bits per heavy atom. The van der Waals surface area contributed by atoms with Crippen LogP contribution in [0.4, 0.5) is 5.69 Å². The monoisotopic (exact) mass is 405 g/mol. The summed E-state index contributed by atoms with van der Waals surface area (Å²) in [4.78, 5) is 38.3. The SMILES string of the molecule is CCCC[C@H](CN(O)C=O)C(=O)N1CCC[C@H]1C(=O)Nc1ccc2c(c1)OCO2. The predicted octanol–water partition coefficient (Wildman–Crippen LogP) is 2.00. The van der Waals surface area contributed by atoms with Crippen LogP contribution in [0.2, 0.25) is 0 Å². The normalized spacial score (nSPS) is 18.4. The molecule has 158 valence electrons. The molecule has 29 heavy (non-hydrogen) atoms. The maximum Gasteiger partial charge on any atom is 0.247 e. The molecule has 1 fully saturated rings. The molecule has 3 rings (SSSR count). The molecule has 0 aromatic heterocycles. The van der Waals surface area contributed by atoms with Crippen LogP contribution < -0.4 is 14.8 Å². The van der Waals surface area contributed by atoms with Gasteiger partial charge in [0.05, 0.1) is 12.5 Å². The molecule has 1 saturated heterocycles. The first-order chi connectivity index (χ1) is 14.0. The van der Waals surface area contributed by atoms with Crippen molar-refractivity contribution in [3.63, 3.8) is 0 Å². The maximum absolute atomic E-state index is 13.1. The van der Waals surface area contributed by atoms with E-state index in [-0.39, 0.29) is 25.2 Å². The topological polar surface area (TPSA) is 108 Å². The van der Waals surface area contributed by atoms with Gasteiger partial charge in [-0.25, -0.2) is 5.06 Å². The number of hydrogen-bond donors (Lipinski definition) is 2. The summed E-state index contributed by atoms with van der Waals surface area (Å²) in [6.07, 6.45) is 3.82. The predicted molar refractivity (Wildman–Crippen MR) is 104 cm³/mol. The zero-order valence-electron chi connectivity index (χ0n) is 16.5. The molecule has 9 heteroatoms. The number of amides is 3. The molecule has 1 aromatic rings. The second-order valence-corrected chi connectivity index (χ2v) is 7.31. The van der Waals surface area contributed by atoms with Gasteiger partial charge in [0.25, 0.3) is 0 Å². The number of benzene rings is 1. The lowest BCUT2D eigenvalue weighted by atomic mass is 9.99. The van der Waals surface area contributed by atoms with Crippen molar-refractivity contribution in [2.24, 2.45) is 5.92 Å². The quantitative estimate of drug-likeness (QED) is 0.370. The van der Waals surface area contributed by atoms with E-state index in [2.05, 4.69) is 5.32 Å². The molecule has 3 amide bonds. The first-order valence-corrected chi connectivity index (χ1v) is 9.95. The second-order valence-electron chi connectivity index (χ2n) is 7.31. The van der Waals surface area contributed by atoms with Crippen LogP contribution in [0.1, 0.15) is 39.0 Å². The molecule has 0 unspecified atom stereocenters. The summed E-state index contributed by atoms with van der Waals surface area (Å²) in [5.74, 6) is 0.189. The average molecular weight is 405 g/mol. The Balaban J connectivity index is 1.67. The van der Waals surface area contributed by atoms with Crippen LogP contribution in [0.25, 0.3) is 0 Å². The van der Waals surface area contributed by atoms with E-state index in [4.69, 9.17) is 9.47 Å². The number of carbonyl (C=O) groups excluding carboxylic acids is 3. The molecule has 2 N–H and O–H groups in total. The second kappa shape index (κ2) is 9.60. The third-order valence-corrected chi connectivity index (χ3v) is 5.26. The molecule has 2 heterocycles. The summed E-state index contributed by atoms with van der Waals surface area (Å²) >= 11 is 0. The lowest BCUT2D eigenvalue weighted by molar-refractivity contribution is -0.157. The number of unbranched alkanes of at least 4 members (excludes halogenated alkanes) is 1. The summed E-state index contributed by atoms with van der Waals surface area (Å²) in [6, 6.07) is 4.56. The van der Waals surface area contributed by atoms with Gasteiger partial charge in [0.1, 0.15) is 6.04 Å². The minimum Gasteiger partial charge on any atom is -0.454 e. The Hall–Kier alpha value is -2.81. The molecule has 2 atom stereocenters. The lowest BCUT2D eigenvalue weighted by Crippen LogP contribution is -2.47. The largest absolute Gasteiger partial charge is 0.454 e. The highest BCUT2D eigenvalue weighted by Gasteiger charge is 2.37. The van der Waals surface area contributed by atoms with Crippen LogP contribution in [0.3, 0.4) is 0 Å².